The average Bonchev–Trinajstić information content (AvgIpc) is 3.46. The number of fused-ring (bicyclic) bond motifs is 3. The number of hydrogen-bond donors (Lipinski definition) is 2. The van der Waals surface area contributed by atoms with Crippen LogP contribution in [0.5, 0.6) is 0 Å². The standard InChI is InChI=1S/C21H27F2N7O/c1-13-9-21(22,23)5-7-29(13)17-8-19(28-11-14-2-3-15(12-28)31-14)27-30-18(17)10-24-20(30)16-4-6-25-26-16/h4,6,8,10,13-15,20,24H,2-3,5,7,9,11-12H2,1H3,(H,25,26). The Hall–Kier alpha value is -2.62. The highest BCUT2D eigenvalue weighted by molar-refractivity contribution is 5.95. The molecule has 0 radical (unpaired) electrons. The average molecular weight is 431 g/mol. The molecule has 4 unspecified atom stereocenters. The van der Waals surface area contributed by atoms with E-state index in [1.165, 1.54) is 0 Å². The first-order valence-electron chi connectivity index (χ1n) is 11.1. The smallest absolute Gasteiger partial charge is 0.251 e. The number of aromatic nitrogens is 2. The molecule has 6 heterocycles. The van der Waals surface area contributed by atoms with Gasteiger partial charge in [0.2, 0.25) is 0 Å². The summed E-state index contributed by atoms with van der Waals surface area (Å²) in [4.78, 5) is 4.39. The van der Waals surface area contributed by atoms with Crippen molar-refractivity contribution in [3.63, 3.8) is 0 Å². The van der Waals surface area contributed by atoms with Crippen LogP contribution in [0, 0.1) is 0 Å². The van der Waals surface area contributed by atoms with Crippen LogP contribution in [-0.2, 0) is 4.74 Å². The fourth-order valence-electron chi connectivity index (χ4n) is 5.40. The van der Waals surface area contributed by atoms with E-state index in [0.29, 0.717) is 6.54 Å². The van der Waals surface area contributed by atoms with Gasteiger partial charge in [-0.25, -0.2) is 13.8 Å². The van der Waals surface area contributed by atoms with Crippen molar-refractivity contribution in [3.8, 4) is 0 Å². The summed E-state index contributed by atoms with van der Waals surface area (Å²) in [6.45, 7) is 3.81. The van der Waals surface area contributed by atoms with Gasteiger partial charge < -0.3 is 19.9 Å². The Labute approximate surface area is 179 Å². The molecule has 5 aliphatic heterocycles. The highest BCUT2D eigenvalue weighted by atomic mass is 19.3. The number of piperidine rings is 1. The van der Waals surface area contributed by atoms with Gasteiger partial charge in [-0.15, -0.1) is 0 Å². The molecule has 1 aromatic rings. The number of alkyl halides is 2. The molecule has 166 valence electrons. The van der Waals surface area contributed by atoms with Gasteiger partial charge in [0, 0.05) is 57.0 Å². The molecule has 0 amide bonds. The number of hydrogen-bond acceptors (Lipinski definition) is 7. The first-order valence-corrected chi connectivity index (χ1v) is 11.1. The molecule has 5 aliphatic rings. The number of rotatable bonds is 2. The number of H-pyrrole nitrogens is 1. The predicted molar refractivity (Wildman–Crippen MR) is 110 cm³/mol. The lowest BCUT2D eigenvalue weighted by molar-refractivity contribution is -0.0669. The molecule has 8 nitrogen and oxygen atoms in total. The van der Waals surface area contributed by atoms with Crippen LogP contribution in [-0.4, -0.2) is 74.6 Å². The predicted octanol–water partition coefficient (Wildman–Crippen LogP) is 2.35. The van der Waals surface area contributed by atoms with Crippen LogP contribution in [0.25, 0.3) is 0 Å². The number of amidine groups is 1. The molecular formula is C21H27F2N7O. The Morgan fingerprint density at radius 3 is 2.71 bits per heavy atom. The molecule has 0 saturated carbocycles. The number of ether oxygens (including phenoxy) is 1. The van der Waals surface area contributed by atoms with Crippen molar-refractivity contribution in [1.29, 1.82) is 0 Å². The summed E-state index contributed by atoms with van der Waals surface area (Å²) in [6.07, 6.45) is 7.91. The van der Waals surface area contributed by atoms with Gasteiger partial charge in [0.25, 0.3) is 5.92 Å². The lowest BCUT2D eigenvalue weighted by Crippen LogP contribution is -2.50. The van der Waals surface area contributed by atoms with Crippen molar-refractivity contribution in [2.75, 3.05) is 19.6 Å². The minimum atomic E-state index is -2.61. The number of morpholine rings is 1. The van der Waals surface area contributed by atoms with Gasteiger partial charge >= 0.3 is 0 Å². The fourth-order valence-corrected chi connectivity index (χ4v) is 5.40. The summed E-state index contributed by atoms with van der Waals surface area (Å²) in [5, 5.41) is 17.5. The molecule has 1 aromatic heterocycles. The second-order valence-corrected chi connectivity index (χ2v) is 9.15. The second-order valence-electron chi connectivity index (χ2n) is 9.15. The molecule has 3 saturated heterocycles. The fraction of sp³-hybridized carbons (Fsp3) is 0.619. The van der Waals surface area contributed by atoms with Crippen molar-refractivity contribution < 1.29 is 13.5 Å². The number of hydrazone groups is 1. The Kier molecular flexibility index (Phi) is 4.28. The summed E-state index contributed by atoms with van der Waals surface area (Å²) in [5.74, 6) is -1.74. The lowest BCUT2D eigenvalue weighted by Gasteiger charge is -2.43. The van der Waals surface area contributed by atoms with E-state index in [1.54, 1.807) is 6.20 Å². The minimum absolute atomic E-state index is 0.133. The molecular weight excluding hydrogens is 404 g/mol. The maximum Gasteiger partial charge on any atom is 0.251 e. The van der Waals surface area contributed by atoms with E-state index in [0.717, 1.165) is 48.9 Å². The van der Waals surface area contributed by atoms with Gasteiger partial charge in [0.05, 0.1) is 17.9 Å². The molecule has 0 aromatic carbocycles. The largest absolute Gasteiger partial charge is 0.371 e. The zero-order valence-corrected chi connectivity index (χ0v) is 17.5. The summed E-state index contributed by atoms with van der Waals surface area (Å²) >= 11 is 0. The highest BCUT2D eigenvalue weighted by Gasteiger charge is 2.44. The molecule has 10 heteroatoms. The molecule has 3 fully saturated rings. The number of nitrogens with zero attached hydrogens (tertiary/aromatic N) is 5. The van der Waals surface area contributed by atoms with Crippen LogP contribution in [0.1, 0.15) is 44.5 Å². The van der Waals surface area contributed by atoms with E-state index in [4.69, 9.17) is 9.84 Å². The highest BCUT2D eigenvalue weighted by Crippen LogP contribution is 2.40. The van der Waals surface area contributed by atoms with E-state index in [-0.39, 0.29) is 37.3 Å². The van der Waals surface area contributed by atoms with Crippen LogP contribution >= 0.6 is 0 Å². The topological polar surface area (TPSA) is 72.0 Å². The Morgan fingerprint density at radius 1 is 1.19 bits per heavy atom. The quantitative estimate of drug-likeness (QED) is 0.749. The number of halogens is 2. The lowest BCUT2D eigenvalue weighted by atomic mass is 9.98. The molecule has 0 spiro atoms. The normalized spacial score (nSPS) is 34.2. The van der Waals surface area contributed by atoms with Gasteiger partial charge in [-0.05, 0) is 25.8 Å². The zero-order valence-electron chi connectivity index (χ0n) is 17.5. The van der Waals surface area contributed by atoms with Crippen molar-refractivity contribution in [3.05, 3.63) is 41.6 Å². The Morgan fingerprint density at radius 2 is 2.00 bits per heavy atom. The number of likely N-dealkylation sites (tertiary alicyclic amines) is 2. The van der Waals surface area contributed by atoms with Crippen molar-refractivity contribution >= 4 is 5.84 Å². The van der Waals surface area contributed by atoms with Gasteiger partial charge in [-0.2, -0.15) is 10.2 Å². The molecule has 31 heavy (non-hydrogen) atoms. The van der Waals surface area contributed by atoms with Crippen molar-refractivity contribution in [1.82, 2.24) is 30.3 Å². The van der Waals surface area contributed by atoms with Crippen LogP contribution in [0.15, 0.2) is 41.0 Å². The first-order chi connectivity index (χ1) is 15.0. The number of aromatic amines is 1. The third-order valence-electron chi connectivity index (χ3n) is 6.93. The van der Waals surface area contributed by atoms with Gasteiger partial charge in [0.15, 0.2) is 12.0 Å². The minimum Gasteiger partial charge on any atom is -0.371 e. The third-order valence-corrected chi connectivity index (χ3v) is 6.93. The zero-order chi connectivity index (χ0) is 21.2. The molecule has 6 rings (SSSR count). The van der Waals surface area contributed by atoms with E-state index >= 15 is 0 Å². The van der Waals surface area contributed by atoms with E-state index < -0.39 is 5.92 Å². The molecule has 0 aliphatic carbocycles. The Bertz CT molecular complexity index is 932. The second kappa shape index (κ2) is 6.94. The van der Waals surface area contributed by atoms with Crippen LogP contribution in [0.3, 0.4) is 0 Å². The van der Waals surface area contributed by atoms with Gasteiger partial charge in [-0.1, -0.05) is 0 Å². The summed E-state index contributed by atoms with van der Waals surface area (Å²) in [6, 6.07) is 1.66. The van der Waals surface area contributed by atoms with Crippen LogP contribution in [0.4, 0.5) is 8.78 Å². The van der Waals surface area contributed by atoms with Gasteiger partial charge in [-0.3, -0.25) is 5.10 Å². The summed E-state index contributed by atoms with van der Waals surface area (Å²) in [5.41, 5.74) is 2.67. The van der Waals surface area contributed by atoms with Crippen LogP contribution in [0.2, 0.25) is 0 Å². The van der Waals surface area contributed by atoms with E-state index in [2.05, 4.69) is 31.4 Å². The number of nitrogens with one attached hydrogen (secondary N) is 2. The maximum atomic E-state index is 14.0. The van der Waals surface area contributed by atoms with Crippen molar-refractivity contribution in [2.24, 2.45) is 5.10 Å². The van der Waals surface area contributed by atoms with Gasteiger partial charge in [0.1, 0.15) is 11.4 Å². The molecule has 2 N–H and O–H groups in total. The van der Waals surface area contributed by atoms with Crippen molar-refractivity contribution in [2.45, 2.75) is 62.9 Å². The maximum absolute atomic E-state index is 14.0. The SMILES string of the molecule is CC1CC(F)(F)CCN1C1=CC(N2CC3CCC(C2)O3)=NN2C1=CNC2c1cc[nH]n1. The van der Waals surface area contributed by atoms with E-state index in [1.807, 2.05) is 24.2 Å². The first kappa shape index (κ1) is 19.1. The monoisotopic (exact) mass is 431 g/mol. The Balaban J connectivity index is 1.35. The molecule has 2 bridgehead atoms. The third kappa shape index (κ3) is 3.28. The molecule has 4 atom stereocenters. The van der Waals surface area contributed by atoms with E-state index in [9.17, 15) is 8.78 Å². The summed E-state index contributed by atoms with van der Waals surface area (Å²) < 4.78 is 34.1. The summed E-state index contributed by atoms with van der Waals surface area (Å²) in [7, 11) is 0. The van der Waals surface area contributed by atoms with Crippen LogP contribution < -0.4 is 5.32 Å².